The topological polar surface area (TPSA) is 47.0 Å². The largest absolute Gasteiger partial charge is 0.243 e. The summed E-state index contributed by atoms with van der Waals surface area (Å²) < 4.78 is 22.6. The van der Waals surface area contributed by atoms with Gasteiger partial charge in [-0.1, -0.05) is 18.5 Å². The minimum Gasteiger partial charge on any atom is -0.243 e. The Hall–Kier alpha value is -0.610. The van der Waals surface area contributed by atoms with Gasteiger partial charge in [0.05, 0.1) is 5.75 Å². The second-order valence-electron chi connectivity index (χ2n) is 2.20. The van der Waals surface area contributed by atoms with Gasteiger partial charge in [-0.05, 0) is 12.1 Å². The van der Waals surface area contributed by atoms with E-state index in [1.165, 1.54) is 12.3 Å². The first-order valence-electron chi connectivity index (χ1n) is 3.41. The molecule has 0 aliphatic rings. The van der Waals surface area contributed by atoms with Gasteiger partial charge in [0.1, 0.15) is 10.0 Å². The van der Waals surface area contributed by atoms with Crippen LogP contribution in [-0.2, 0) is 9.84 Å². The van der Waals surface area contributed by atoms with Gasteiger partial charge in [0.15, 0.2) is 9.84 Å². The fourth-order valence-corrected chi connectivity index (χ4v) is 2.14. The number of hydrogen-bond acceptors (Lipinski definition) is 3. The molecule has 0 aliphatic carbocycles. The van der Waals surface area contributed by atoms with Gasteiger partial charge in [0.25, 0.3) is 0 Å². The molecule has 1 heterocycles. The van der Waals surface area contributed by atoms with Crippen LogP contribution >= 0.6 is 11.6 Å². The van der Waals surface area contributed by atoms with Crippen molar-refractivity contribution in [1.29, 1.82) is 0 Å². The molecule has 66 valence electrons. The molecule has 1 aromatic heterocycles. The fourth-order valence-electron chi connectivity index (χ4n) is 0.759. The molecule has 0 aromatic carbocycles. The van der Waals surface area contributed by atoms with Crippen LogP contribution in [0.25, 0.3) is 0 Å². The monoisotopic (exact) mass is 205 g/mol. The summed E-state index contributed by atoms with van der Waals surface area (Å²) in [6.45, 7) is 1.57. The van der Waals surface area contributed by atoms with Crippen LogP contribution in [0.5, 0.6) is 0 Å². The number of aromatic nitrogens is 1. The summed E-state index contributed by atoms with van der Waals surface area (Å²) in [5, 5.41) is 0.0411. The van der Waals surface area contributed by atoms with Crippen molar-refractivity contribution in [2.45, 2.75) is 11.8 Å². The molecular weight excluding hydrogens is 198 g/mol. The van der Waals surface area contributed by atoms with Gasteiger partial charge in [-0.3, -0.25) is 0 Å². The standard InChI is InChI=1S/C7H8ClNO2S/c1-2-12(10,11)6-4-3-5-9-7(6)8/h3-5H,2H2,1H3. The minimum atomic E-state index is -3.22. The summed E-state index contributed by atoms with van der Waals surface area (Å²) in [5.41, 5.74) is 0. The first-order valence-corrected chi connectivity index (χ1v) is 5.44. The number of halogens is 1. The van der Waals surface area contributed by atoms with Gasteiger partial charge in [-0.2, -0.15) is 0 Å². The van der Waals surface area contributed by atoms with Crippen LogP contribution < -0.4 is 0 Å². The summed E-state index contributed by atoms with van der Waals surface area (Å²) in [6.07, 6.45) is 1.46. The normalized spacial score (nSPS) is 11.5. The summed E-state index contributed by atoms with van der Waals surface area (Å²) in [4.78, 5) is 3.79. The highest BCUT2D eigenvalue weighted by molar-refractivity contribution is 7.91. The van der Waals surface area contributed by atoms with E-state index < -0.39 is 9.84 Å². The molecule has 0 spiro atoms. The number of nitrogens with zero attached hydrogens (tertiary/aromatic N) is 1. The van der Waals surface area contributed by atoms with E-state index in [9.17, 15) is 8.42 Å². The first kappa shape index (κ1) is 9.48. The predicted molar refractivity (Wildman–Crippen MR) is 47.0 cm³/mol. The Morgan fingerprint density at radius 2 is 2.25 bits per heavy atom. The number of pyridine rings is 1. The molecule has 1 aromatic rings. The Labute approximate surface area is 76.3 Å². The zero-order valence-electron chi connectivity index (χ0n) is 6.49. The van der Waals surface area contributed by atoms with E-state index in [2.05, 4.69) is 4.98 Å². The first-order chi connectivity index (χ1) is 5.58. The van der Waals surface area contributed by atoms with Crippen LogP contribution in [0.4, 0.5) is 0 Å². The number of rotatable bonds is 2. The van der Waals surface area contributed by atoms with E-state index in [1.807, 2.05) is 0 Å². The van der Waals surface area contributed by atoms with E-state index >= 15 is 0 Å². The Bertz CT molecular complexity index is 375. The van der Waals surface area contributed by atoms with E-state index in [-0.39, 0.29) is 15.8 Å². The minimum absolute atomic E-state index is 0.0401. The fraction of sp³-hybridized carbons (Fsp3) is 0.286. The van der Waals surface area contributed by atoms with Gasteiger partial charge >= 0.3 is 0 Å². The Morgan fingerprint density at radius 3 is 2.75 bits per heavy atom. The summed E-state index contributed by atoms with van der Waals surface area (Å²) in [5.74, 6) is 0.0401. The Kier molecular flexibility index (Phi) is 2.69. The lowest BCUT2D eigenvalue weighted by molar-refractivity contribution is 0.597. The van der Waals surface area contributed by atoms with Crippen molar-refractivity contribution >= 4 is 21.4 Å². The van der Waals surface area contributed by atoms with Crippen molar-refractivity contribution in [3.05, 3.63) is 23.5 Å². The van der Waals surface area contributed by atoms with Crippen LogP contribution in [-0.4, -0.2) is 19.2 Å². The van der Waals surface area contributed by atoms with Crippen LogP contribution in [0.3, 0.4) is 0 Å². The third kappa shape index (κ3) is 1.76. The second kappa shape index (κ2) is 3.41. The van der Waals surface area contributed by atoms with Gasteiger partial charge in [-0.15, -0.1) is 0 Å². The molecule has 0 saturated heterocycles. The molecule has 0 radical (unpaired) electrons. The molecule has 12 heavy (non-hydrogen) atoms. The third-order valence-electron chi connectivity index (χ3n) is 1.44. The van der Waals surface area contributed by atoms with Crippen LogP contribution in [0.2, 0.25) is 5.15 Å². The van der Waals surface area contributed by atoms with Gasteiger partial charge in [0.2, 0.25) is 0 Å². The van der Waals surface area contributed by atoms with Crippen LogP contribution in [0, 0.1) is 0 Å². The molecule has 0 amide bonds. The van der Waals surface area contributed by atoms with Crippen LogP contribution in [0.15, 0.2) is 23.2 Å². The number of hydrogen-bond donors (Lipinski definition) is 0. The lowest BCUT2D eigenvalue weighted by Crippen LogP contribution is -2.04. The maximum Gasteiger partial charge on any atom is 0.181 e. The lowest BCUT2D eigenvalue weighted by Gasteiger charge is -2.00. The average molecular weight is 206 g/mol. The smallest absolute Gasteiger partial charge is 0.181 e. The van der Waals surface area contributed by atoms with Crippen LogP contribution in [0.1, 0.15) is 6.92 Å². The van der Waals surface area contributed by atoms with E-state index in [0.717, 1.165) is 0 Å². The van der Waals surface area contributed by atoms with Gasteiger partial charge in [-0.25, -0.2) is 13.4 Å². The molecule has 0 unspecified atom stereocenters. The van der Waals surface area contributed by atoms with E-state index in [4.69, 9.17) is 11.6 Å². The Balaban J connectivity index is 3.30. The summed E-state index contributed by atoms with van der Waals surface area (Å²) >= 11 is 5.60. The lowest BCUT2D eigenvalue weighted by atomic mass is 10.5. The van der Waals surface area contributed by atoms with Crippen molar-refractivity contribution in [2.24, 2.45) is 0 Å². The zero-order chi connectivity index (χ0) is 9.19. The van der Waals surface area contributed by atoms with Crippen molar-refractivity contribution in [2.75, 3.05) is 5.75 Å². The molecule has 0 atom stereocenters. The highest BCUT2D eigenvalue weighted by atomic mass is 35.5. The molecule has 0 N–H and O–H groups in total. The second-order valence-corrected chi connectivity index (χ2v) is 4.80. The Morgan fingerprint density at radius 1 is 1.58 bits per heavy atom. The van der Waals surface area contributed by atoms with E-state index in [0.29, 0.717) is 0 Å². The quantitative estimate of drug-likeness (QED) is 0.688. The SMILES string of the molecule is CCS(=O)(=O)c1cccnc1Cl. The molecule has 3 nitrogen and oxygen atoms in total. The molecule has 0 aliphatic heterocycles. The van der Waals surface area contributed by atoms with Crippen molar-refractivity contribution in [1.82, 2.24) is 4.98 Å². The highest BCUT2D eigenvalue weighted by Gasteiger charge is 2.15. The predicted octanol–water partition coefficient (Wildman–Crippen LogP) is 1.53. The molecule has 0 saturated carbocycles. The molecular formula is C7H8ClNO2S. The maximum atomic E-state index is 11.3. The summed E-state index contributed by atoms with van der Waals surface area (Å²) in [6, 6.07) is 3.00. The maximum absolute atomic E-state index is 11.3. The molecule has 1 rings (SSSR count). The third-order valence-corrected chi connectivity index (χ3v) is 3.61. The van der Waals surface area contributed by atoms with Crippen molar-refractivity contribution < 1.29 is 8.42 Å². The average Bonchev–Trinajstić information content (AvgIpc) is 2.05. The molecule has 0 bridgehead atoms. The van der Waals surface area contributed by atoms with Gasteiger partial charge in [0, 0.05) is 6.20 Å². The zero-order valence-corrected chi connectivity index (χ0v) is 8.06. The highest BCUT2D eigenvalue weighted by Crippen LogP contribution is 2.18. The van der Waals surface area contributed by atoms with Gasteiger partial charge < -0.3 is 0 Å². The van der Waals surface area contributed by atoms with Crippen molar-refractivity contribution in [3.8, 4) is 0 Å². The molecule has 5 heteroatoms. The van der Waals surface area contributed by atoms with E-state index in [1.54, 1.807) is 13.0 Å². The van der Waals surface area contributed by atoms with Crippen molar-refractivity contribution in [3.63, 3.8) is 0 Å². The molecule has 0 fully saturated rings. The number of sulfone groups is 1. The summed E-state index contributed by atoms with van der Waals surface area (Å²) in [7, 11) is -3.22.